The molecule has 1 heterocycles. The second-order valence-electron chi connectivity index (χ2n) is 6.95. The number of esters is 1. The Kier molecular flexibility index (Phi) is 9.53. The lowest BCUT2D eigenvalue weighted by atomic mass is 10.0. The predicted octanol–water partition coefficient (Wildman–Crippen LogP) is 2.91. The van der Waals surface area contributed by atoms with Crippen LogP contribution < -0.4 is 26.8 Å². The molecule has 0 bridgehead atoms. The number of hydrogen-bond acceptors (Lipinski definition) is 9. The molecule has 0 aliphatic rings. The summed E-state index contributed by atoms with van der Waals surface area (Å²) in [5, 5.41) is 13.6. The monoisotopic (exact) mass is 427 g/mol. The number of nitrogens with zero attached hydrogens (tertiary/aromatic N) is 3. The van der Waals surface area contributed by atoms with Crippen molar-refractivity contribution in [3.05, 3.63) is 36.4 Å². The summed E-state index contributed by atoms with van der Waals surface area (Å²) in [6, 6.07) is 10.0. The van der Waals surface area contributed by atoms with E-state index in [-0.39, 0.29) is 30.2 Å². The minimum absolute atomic E-state index is 0.106. The van der Waals surface area contributed by atoms with Crippen molar-refractivity contribution in [2.24, 2.45) is 21.9 Å². The van der Waals surface area contributed by atoms with Crippen LogP contribution >= 0.6 is 0 Å². The maximum Gasteiger partial charge on any atom is 0.314 e. The second-order valence-corrected chi connectivity index (χ2v) is 6.95. The van der Waals surface area contributed by atoms with E-state index in [0.29, 0.717) is 35.9 Å². The number of hydrogen-bond donors (Lipinski definition) is 4. The smallest absolute Gasteiger partial charge is 0.314 e. The van der Waals surface area contributed by atoms with Crippen molar-refractivity contribution in [2.45, 2.75) is 26.2 Å². The highest BCUT2D eigenvalue weighted by Crippen LogP contribution is 2.31. The fraction of sp³-hybridized carbons (Fsp3) is 0.381. The predicted molar refractivity (Wildman–Crippen MR) is 120 cm³/mol. The van der Waals surface area contributed by atoms with Crippen LogP contribution in [0.25, 0.3) is 0 Å². The number of carbonyl (C=O) groups excluding carboxylic acids is 2. The Morgan fingerprint density at radius 2 is 1.87 bits per heavy atom. The van der Waals surface area contributed by atoms with Gasteiger partial charge in [0.2, 0.25) is 5.91 Å². The minimum Gasteiger partial charge on any atom is -0.424 e. The average Bonchev–Trinajstić information content (AvgIpc) is 2.74. The van der Waals surface area contributed by atoms with Crippen LogP contribution in [0.3, 0.4) is 0 Å². The number of amides is 1. The van der Waals surface area contributed by atoms with Gasteiger partial charge in [0.25, 0.3) is 0 Å². The number of nitrogens with one attached hydrogen (secondary N) is 2. The number of nitrogen functional groups attached to an aromatic ring is 1. The van der Waals surface area contributed by atoms with E-state index in [0.717, 1.165) is 12.8 Å². The Bertz CT molecular complexity index is 918. The largest absolute Gasteiger partial charge is 0.424 e. The van der Waals surface area contributed by atoms with Gasteiger partial charge in [-0.25, -0.2) is 4.98 Å². The highest BCUT2D eigenvalue weighted by atomic mass is 16.5. The summed E-state index contributed by atoms with van der Waals surface area (Å²) in [5.74, 6) is -0.0885. The number of pyridine rings is 1. The van der Waals surface area contributed by atoms with Gasteiger partial charge in [0, 0.05) is 0 Å². The van der Waals surface area contributed by atoms with E-state index in [4.69, 9.17) is 16.2 Å². The highest BCUT2D eigenvalue weighted by Gasteiger charge is 2.16. The zero-order valence-corrected chi connectivity index (χ0v) is 17.8. The molecule has 166 valence electrons. The molecule has 31 heavy (non-hydrogen) atoms. The summed E-state index contributed by atoms with van der Waals surface area (Å²) in [6.07, 6.45) is 2.45. The van der Waals surface area contributed by atoms with Crippen LogP contribution in [0.5, 0.6) is 5.75 Å². The molecule has 0 radical (unpaired) electrons. The third-order valence-corrected chi connectivity index (χ3v) is 4.34. The van der Waals surface area contributed by atoms with E-state index in [2.05, 4.69) is 25.8 Å². The highest BCUT2D eigenvalue weighted by molar-refractivity contribution is 5.91. The van der Waals surface area contributed by atoms with Crippen molar-refractivity contribution in [3.8, 4) is 5.75 Å². The fourth-order valence-electron chi connectivity index (χ4n) is 2.62. The number of likely N-dealkylation sites (N-methyl/N-ethyl adjacent to an activating group) is 1. The molecule has 0 saturated heterocycles. The van der Waals surface area contributed by atoms with Gasteiger partial charge < -0.3 is 26.8 Å². The van der Waals surface area contributed by atoms with Crippen molar-refractivity contribution >= 4 is 34.9 Å². The molecule has 2 aromatic rings. The molecule has 0 aliphatic carbocycles. The van der Waals surface area contributed by atoms with Crippen molar-refractivity contribution in [1.82, 2.24) is 10.3 Å². The van der Waals surface area contributed by atoms with Gasteiger partial charge in [-0.2, -0.15) is 0 Å². The summed E-state index contributed by atoms with van der Waals surface area (Å²) >= 11 is 0. The van der Waals surface area contributed by atoms with Gasteiger partial charge in [0.15, 0.2) is 11.6 Å². The molecule has 0 fully saturated rings. The molecular weight excluding hydrogens is 398 g/mol. The van der Waals surface area contributed by atoms with Gasteiger partial charge >= 0.3 is 5.97 Å². The van der Waals surface area contributed by atoms with Crippen molar-refractivity contribution in [2.75, 3.05) is 31.2 Å². The second kappa shape index (κ2) is 12.4. The van der Waals surface area contributed by atoms with Gasteiger partial charge in [-0.15, -0.1) is 10.2 Å². The first kappa shape index (κ1) is 23.9. The van der Waals surface area contributed by atoms with Crippen molar-refractivity contribution in [3.63, 3.8) is 0 Å². The first-order valence-electron chi connectivity index (χ1n) is 10.1. The standard InChI is InChI=1S/C21H29N7O3/c1-14(7-5-6-12-22)21(30)31-17-9-4-3-8-15(17)27-28-16-10-11-18(26-20(16)23)25-19(29)13-24-2/h3-4,8-11,14,24H,5-7,12-13,22H2,1-2H3,(H3,23,25,26,29)/t14-/m0/s1. The molecule has 1 aromatic carbocycles. The number of benzene rings is 1. The summed E-state index contributed by atoms with van der Waals surface area (Å²) in [7, 11) is 1.67. The Morgan fingerprint density at radius 3 is 2.58 bits per heavy atom. The van der Waals surface area contributed by atoms with E-state index in [9.17, 15) is 9.59 Å². The molecule has 10 nitrogen and oxygen atoms in total. The van der Waals surface area contributed by atoms with Crippen LogP contribution in [0.1, 0.15) is 26.2 Å². The molecule has 1 atom stereocenters. The zero-order chi connectivity index (χ0) is 22.6. The van der Waals surface area contributed by atoms with Gasteiger partial charge in [-0.05, 0) is 50.7 Å². The maximum atomic E-state index is 12.4. The Hall–Kier alpha value is -3.37. The molecule has 2 rings (SSSR count). The lowest BCUT2D eigenvalue weighted by molar-refractivity contribution is -0.138. The number of nitrogens with two attached hydrogens (primary N) is 2. The first-order valence-corrected chi connectivity index (χ1v) is 10.1. The average molecular weight is 428 g/mol. The quantitative estimate of drug-likeness (QED) is 0.186. The number of anilines is 2. The molecule has 6 N–H and O–H groups in total. The van der Waals surface area contributed by atoms with Crippen LogP contribution in [0.4, 0.5) is 23.0 Å². The molecule has 0 spiro atoms. The fourth-order valence-corrected chi connectivity index (χ4v) is 2.62. The van der Waals surface area contributed by atoms with E-state index >= 15 is 0 Å². The van der Waals surface area contributed by atoms with Crippen molar-refractivity contribution < 1.29 is 14.3 Å². The molecule has 0 aliphatic heterocycles. The number of carbonyl (C=O) groups is 2. The molecule has 1 amide bonds. The van der Waals surface area contributed by atoms with Crippen LogP contribution in [-0.2, 0) is 9.59 Å². The van der Waals surface area contributed by atoms with Crippen LogP contribution in [0.2, 0.25) is 0 Å². The Morgan fingerprint density at radius 1 is 1.13 bits per heavy atom. The molecule has 0 saturated carbocycles. The van der Waals surface area contributed by atoms with Gasteiger partial charge in [0.05, 0.1) is 12.5 Å². The normalized spacial score (nSPS) is 12.0. The topological polar surface area (TPSA) is 157 Å². The number of para-hydroxylation sites is 1. The van der Waals surface area contributed by atoms with Crippen LogP contribution in [-0.4, -0.2) is 37.0 Å². The zero-order valence-electron chi connectivity index (χ0n) is 17.8. The summed E-state index contributed by atoms with van der Waals surface area (Å²) in [5.41, 5.74) is 12.1. The van der Waals surface area contributed by atoms with Crippen LogP contribution in [0, 0.1) is 5.92 Å². The maximum absolute atomic E-state index is 12.4. The van der Waals surface area contributed by atoms with Gasteiger partial charge in [0.1, 0.15) is 17.2 Å². The number of ether oxygens (including phenoxy) is 1. The van der Waals surface area contributed by atoms with E-state index in [1.165, 1.54) is 0 Å². The lowest BCUT2D eigenvalue weighted by Gasteiger charge is -2.12. The third kappa shape index (κ3) is 7.76. The summed E-state index contributed by atoms with van der Waals surface area (Å²) in [6.45, 7) is 2.59. The SMILES string of the molecule is CNCC(=O)Nc1ccc(N=Nc2ccccc2OC(=O)[C@@H](C)CCCCN)c(N)n1. The summed E-state index contributed by atoms with van der Waals surface area (Å²) in [4.78, 5) is 28.1. The first-order chi connectivity index (χ1) is 14.9. The molecule has 1 aromatic heterocycles. The number of aromatic nitrogens is 1. The Balaban J connectivity index is 2.08. The lowest BCUT2D eigenvalue weighted by Crippen LogP contribution is -2.25. The number of unbranched alkanes of at least 4 members (excludes halogenated alkanes) is 1. The Labute approximate surface area is 181 Å². The minimum atomic E-state index is -0.331. The van der Waals surface area contributed by atoms with E-state index in [1.807, 2.05) is 6.92 Å². The van der Waals surface area contributed by atoms with E-state index < -0.39 is 0 Å². The summed E-state index contributed by atoms with van der Waals surface area (Å²) < 4.78 is 5.52. The van der Waals surface area contributed by atoms with Gasteiger partial charge in [-0.3, -0.25) is 9.59 Å². The van der Waals surface area contributed by atoms with E-state index in [1.54, 1.807) is 43.4 Å². The molecule has 0 unspecified atom stereocenters. The van der Waals surface area contributed by atoms with Crippen molar-refractivity contribution in [1.29, 1.82) is 0 Å². The van der Waals surface area contributed by atoms with Gasteiger partial charge in [-0.1, -0.05) is 25.5 Å². The third-order valence-electron chi connectivity index (χ3n) is 4.34. The van der Waals surface area contributed by atoms with Crippen LogP contribution in [0.15, 0.2) is 46.6 Å². The molecule has 10 heteroatoms. The molecular formula is C21H29N7O3. The number of azo groups is 1. The number of rotatable bonds is 11.